The van der Waals surface area contributed by atoms with Crippen LogP contribution < -0.4 is 0 Å². The molecule has 0 aromatic heterocycles. The molecule has 0 bridgehead atoms. The van der Waals surface area contributed by atoms with Gasteiger partial charge in [-0.05, 0) is 37.1 Å². The first kappa shape index (κ1) is 15.0. The van der Waals surface area contributed by atoms with Gasteiger partial charge in [-0.1, -0.05) is 15.9 Å². The lowest BCUT2D eigenvalue weighted by Gasteiger charge is -2.20. The van der Waals surface area contributed by atoms with Gasteiger partial charge >= 0.3 is 0 Å². The topological polar surface area (TPSA) is 57.6 Å². The number of aliphatic hydroxyl groups excluding tert-OH is 1. The predicted molar refractivity (Wildman–Crippen MR) is 77.9 cm³/mol. The molecular weight excluding hydrogens is 330 g/mol. The summed E-state index contributed by atoms with van der Waals surface area (Å²) in [7, 11) is -3.24. The van der Waals surface area contributed by atoms with E-state index >= 15 is 0 Å². The lowest BCUT2D eigenvalue weighted by atomic mass is 10.4. The minimum atomic E-state index is -3.24. The second-order valence-corrected chi connectivity index (χ2v) is 7.79. The SMILES string of the molecule is O=S(=O)(CCN(CCO)C1CC1)c1ccc(Br)cc1. The largest absolute Gasteiger partial charge is 0.395 e. The summed E-state index contributed by atoms with van der Waals surface area (Å²) in [6.45, 7) is 1.12. The first-order valence-corrected chi connectivity index (χ1v) is 8.81. The van der Waals surface area contributed by atoms with Gasteiger partial charge in [0.25, 0.3) is 0 Å². The summed E-state index contributed by atoms with van der Waals surface area (Å²) < 4.78 is 25.2. The Hall–Kier alpha value is -0.430. The maximum absolute atomic E-state index is 12.2. The van der Waals surface area contributed by atoms with E-state index in [-0.39, 0.29) is 12.4 Å². The van der Waals surface area contributed by atoms with Crippen molar-refractivity contribution in [3.63, 3.8) is 0 Å². The predicted octanol–water partition coefficient (Wildman–Crippen LogP) is 1.68. The highest BCUT2D eigenvalue weighted by atomic mass is 79.9. The number of hydrogen-bond donors (Lipinski definition) is 1. The molecule has 1 fully saturated rings. The molecule has 0 amide bonds. The monoisotopic (exact) mass is 347 g/mol. The molecule has 1 aromatic rings. The van der Waals surface area contributed by atoms with Crippen molar-refractivity contribution in [1.82, 2.24) is 4.90 Å². The van der Waals surface area contributed by atoms with Crippen molar-refractivity contribution >= 4 is 25.8 Å². The van der Waals surface area contributed by atoms with Crippen LogP contribution in [0, 0.1) is 0 Å². The standard InChI is InChI=1S/C13H18BrNO3S/c14-11-1-5-13(6-2-11)19(17,18)10-8-15(7-9-16)12-3-4-12/h1-2,5-6,12,16H,3-4,7-10H2. The van der Waals surface area contributed by atoms with E-state index in [9.17, 15) is 8.42 Å². The number of halogens is 1. The van der Waals surface area contributed by atoms with Crippen LogP contribution >= 0.6 is 15.9 Å². The van der Waals surface area contributed by atoms with E-state index in [4.69, 9.17) is 5.11 Å². The van der Waals surface area contributed by atoms with Crippen molar-refractivity contribution in [2.45, 2.75) is 23.8 Å². The zero-order valence-electron chi connectivity index (χ0n) is 10.6. The zero-order chi connectivity index (χ0) is 13.9. The van der Waals surface area contributed by atoms with Crippen molar-refractivity contribution in [1.29, 1.82) is 0 Å². The maximum atomic E-state index is 12.2. The molecule has 6 heteroatoms. The summed E-state index contributed by atoms with van der Waals surface area (Å²) in [5, 5.41) is 8.99. The van der Waals surface area contributed by atoms with Gasteiger partial charge in [-0.2, -0.15) is 0 Å². The molecule has 1 saturated carbocycles. The van der Waals surface area contributed by atoms with E-state index in [1.165, 1.54) is 0 Å². The smallest absolute Gasteiger partial charge is 0.179 e. The average molecular weight is 348 g/mol. The first-order valence-electron chi connectivity index (χ1n) is 6.36. The Labute approximate surface area is 122 Å². The lowest BCUT2D eigenvalue weighted by Crippen LogP contribution is -2.33. The third-order valence-electron chi connectivity index (χ3n) is 3.27. The van der Waals surface area contributed by atoms with Crippen LogP contribution in [0.3, 0.4) is 0 Å². The fourth-order valence-corrected chi connectivity index (χ4v) is 3.57. The van der Waals surface area contributed by atoms with Crippen LogP contribution in [-0.2, 0) is 9.84 Å². The second kappa shape index (κ2) is 6.35. The number of nitrogens with zero attached hydrogens (tertiary/aromatic N) is 1. The molecule has 1 N–H and O–H groups in total. The van der Waals surface area contributed by atoms with Gasteiger partial charge in [-0.25, -0.2) is 8.42 Å². The summed E-state index contributed by atoms with van der Waals surface area (Å²) in [5.41, 5.74) is 0. The fraction of sp³-hybridized carbons (Fsp3) is 0.538. The normalized spacial score (nSPS) is 15.9. The molecule has 0 atom stereocenters. The highest BCUT2D eigenvalue weighted by Gasteiger charge is 2.29. The number of aliphatic hydroxyl groups is 1. The molecule has 0 aliphatic heterocycles. The number of hydrogen-bond acceptors (Lipinski definition) is 4. The van der Waals surface area contributed by atoms with Gasteiger partial charge in [0.1, 0.15) is 0 Å². The van der Waals surface area contributed by atoms with Gasteiger partial charge in [0.15, 0.2) is 9.84 Å². The molecule has 0 radical (unpaired) electrons. The third-order valence-corrected chi connectivity index (χ3v) is 5.51. The van der Waals surface area contributed by atoms with E-state index in [1.807, 2.05) is 0 Å². The summed E-state index contributed by atoms with van der Waals surface area (Å²) in [5.74, 6) is 0.102. The van der Waals surface area contributed by atoms with E-state index in [0.717, 1.165) is 17.3 Å². The Morgan fingerprint density at radius 3 is 2.37 bits per heavy atom. The molecule has 1 aliphatic carbocycles. The minimum Gasteiger partial charge on any atom is -0.395 e. The van der Waals surface area contributed by atoms with Crippen LogP contribution in [0.4, 0.5) is 0 Å². The van der Waals surface area contributed by atoms with Crippen LogP contribution in [-0.4, -0.2) is 49.9 Å². The Bertz CT molecular complexity index is 511. The summed E-state index contributed by atoms with van der Waals surface area (Å²) in [4.78, 5) is 2.42. The lowest BCUT2D eigenvalue weighted by molar-refractivity contribution is 0.196. The molecule has 1 aliphatic rings. The quantitative estimate of drug-likeness (QED) is 0.815. The van der Waals surface area contributed by atoms with E-state index in [2.05, 4.69) is 20.8 Å². The van der Waals surface area contributed by atoms with Gasteiger partial charge in [0.05, 0.1) is 17.3 Å². The molecule has 0 saturated heterocycles. The van der Waals surface area contributed by atoms with Crippen LogP contribution in [0.1, 0.15) is 12.8 Å². The Kier molecular flexibility index (Phi) is 5.00. The summed E-state index contributed by atoms with van der Waals surface area (Å²) in [6, 6.07) is 7.17. The molecule has 0 spiro atoms. The summed E-state index contributed by atoms with van der Waals surface area (Å²) in [6.07, 6.45) is 2.22. The van der Waals surface area contributed by atoms with Gasteiger partial charge < -0.3 is 5.11 Å². The van der Waals surface area contributed by atoms with Crippen LogP contribution in [0.15, 0.2) is 33.6 Å². The van der Waals surface area contributed by atoms with Crippen molar-refractivity contribution in [3.8, 4) is 0 Å². The molecule has 0 heterocycles. The van der Waals surface area contributed by atoms with Gasteiger partial charge in [0, 0.05) is 23.6 Å². The molecular formula is C13H18BrNO3S. The van der Waals surface area contributed by atoms with Gasteiger partial charge in [0.2, 0.25) is 0 Å². The fourth-order valence-electron chi connectivity index (χ4n) is 2.04. The zero-order valence-corrected chi connectivity index (χ0v) is 13.0. The average Bonchev–Trinajstić information content (AvgIpc) is 3.19. The Morgan fingerprint density at radius 1 is 1.21 bits per heavy atom. The molecule has 19 heavy (non-hydrogen) atoms. The van der Waals surface area contributed by atoms with Crippen molar-refractivity contribution in [2.24, 2.45) is 0 Å². The minimum absolute atomic E-state index is 0.0782. The highest BCUT2D eigenvalue weighted by Crippen LogP contribution is 2.26. The molecule has 1 aromatic carbocycles. The Morgan fingerprint density at radius 2 is 1.84 bits per heavy atom. The van der Waals surface area contributed by atoms with Gasteiger partial charge in [-0.3, -0.25) is 4.90 Å². The molecule has 106 valence electrons. The van der Waals surface area contributed by atoms with E-state index in [0.29, 0.717) is 24.0 Å². The van der Waals surface area contributed by atoms with E-state index < -0.39 is 9.84 Å². The molecule has 2 rings (SSSR count). The van der Waals surface area contributed by atoms with Crippen molar-refractivity contribution in [2.75, 3.05) is 25.4 Å². The van der Waals surface area contributed by atoms with Crippen LogP contribution in [0.25, 0.3) is 0 Å². The second-order valence-electron chi connectivity index (χ2n) is 4.76. The van der Waals surface area contributed by atoms with E-state index in [1.54, 1.807) is 24.3 Å². The molecule has 4 nitrogen and oxygen atoms in total. The number of benzene rings is 1. The van der Waals surface area contributed by atoms with Crippen molar-refractivity contribution < 1.29 is 13.5 Å². The molecule has 0 unspecified atom stereocenters. The number of sulfone groups is 1. The van der Waals surface area contributed by atoms with Gasteiger partial charge in [-0.15, -0.1) is 0 Å². The number of rotatable bonds is 7. The van der Waals surface area contributed by atoms with Crippen molar-refractivity contribution in [3.05, 3.63) is 28.7 Å². The van der Waals surface area contributed by atoms with Crippen LogP contribution in [0.2, 0.25) is 0 Å². The summed E-state index contributed by atoms with van der Waals surface area (Å²) >= 11 is 3.29. The first-order chi connectivity index (χ1) is 9.03. The Balaban J connectivity index is 1.98. The third kappa shape index (κ3) is 4.27. The highest BCUT2D eigenvalue weighted by molar-refractivity contribution is 9.10. The van der Waals surface area contributed by atoms with Crippen LogP contribution in [0.5, 0.6) is 0 Å². The maximum Gasteiger partial charge on any atom is 0.179 e.